The number of nitrogens with zero attached hydrogens (tertiary/aromatic N) is 4. The molecule has 0 aromatic carbocycles. The number of aromatic nitrogens is 4. The van der Waals surface area contributed by atoms with Crippen molar-refractivity contribution in [2.45, 2.75) is 6.92 Å². The molecule has 0 amide bonds. The molecule has 2 heterocycles. The number of ether oxygens (including phenoxy) is 2. The zero-order valence-electron chi connectivity index (χ0n) is 10.2. The van der Waals surface area contributed by atoms with Crippen LogP contribution in [0.4, 0.5) is 0 Å². The Morgan fingerprint density at radius 2 is 1.95 bits per heavy atom. The lowest BCUT2D eigenvalue weighted by molar-refractivity contribution is 0.339. The molecule has 0 atom stereocenters. The maximum absolute atomic E-state index is 5.73. The summed E-state index contributed by atoms with van der Waals surface area (Å²) in [6.07, 6.45) is 1.62. The normalized spacial score (nSPS) is 10.0. The molecule has 7 heteroatoms. The molecule has 6 nitrogen and oxygen atoms in total. The van der Waals surface area contributed by atoms with Crippen molar-refractivity contribution in [2.75, 3.05) is 6.61 Å². The molecule has 0 radical (unpaired) electrons. The molecule has 98 valence electrons. The van der Waals surface area contributed by atoms with Crippen LogP contribution >= 0.6 is 11.6 Å². The molecule has 0 unspecified atom stereocenters. The lowest BCUT2D eigenvalue weighted by Crippen LogP contribution is -1.99. The first-order chi connectivity index (χ1) is 9.17. The molecule has 2 aromatic heterocycles. The fourth-order valence-corrected chi connectivity index (χ4v) is 1.46. The summed E-state index contributed by atoms with van der Waals surface area (Å²) < 4.78 is 10.6. The number of rotatable bonds is 5. The third-order valence-electron chi connectivity index (χ3n) is 1.98. The highest BCUT2D eigenvalue weighted by atomic mass is 35.5. The quantitative estimate of drug-likeness (QED) is 0.618. The SMILES string of the molecule is C=CCOc1ccc(Oc2cc(C)nc(Cl)n2)nn1. The highest BCUT2D eigenvalue weighted by molar-refractivity contribution is 6.28. The highest BCUT2D eigenvalue weighted by Crippen LogP contribution is 2.19. The largest absolute Gasteiger partial charge is 0.472 e. The lowest BCUT2D eigenvalue weighted by Gasteiger charge is -2.05. The fourth-order valence-electron chi connectivity index (χ4n) is 1.25. The smallest absolute Gasteiger partial charge is 0.241 e. The maximum Gasteiger partial charge on any atom is 0.241 e. The predicted molar refractivity (Wildman–Crippen MR) is 69.6 cm³/mol. The van der Waals surface area contributed by atoms with Gasteiger partial charge in [-0.15, -0.1) is 10.2 Å². The van der Waals surface area contributed by atoms with Gasteiger partial charge in [-0.1, -0.05) is 12.7 Å². The van der Waals surface area contributed by atoms with E-state index in [1.165, 1.54) is 0 Å². The minimum atomic E-state index is 0.119. The maximum atomic E-state index is 5.73. The van der Waals surface area contributed by atoms with E-state index in [9.17, 15) is 0 Å². The molecule has 0 saturated carbocycles. The zero-order chi connectivity index (χ0) is 13.7. The first-order valence-corrected chi connectivity index (χ1v) is 5.81. The van der Waals surface area contributed by atoms with E-state index in [0.29, 0.717) is 29.9 Å². The van der Waals surface area contributed by atoms with Crippen LogP contribution < -0.4 is 9.47 Å². The van der Waals surface area contributed by atoms with Crippen molar-refractivity contribution in [1.82, 2.24) is 20.2 Å². The topological polar surface area (TPSA) is 70.0 Å². The third kappa shape index (κ3) is 3.89. The molecule has 0 bridgehead atoms. The van der Waals surface area contributed by atoms with Gasteiger partial charge < -0.3 is 9.47 Å². The first-order valence-electron chi connectivity index (χ1n) is 5.44. The number of halogens is 1. The Balaban J connectivity index is 2.08. The Kier molecular flexibility index (Phi) is 4.25. The third-order valence-corrected chi connectivity index (χ3v) is 2.15. The van der Waals surface area contributed by atoms with Crippen LogP contribution in [0.1, 0.15) is 5.69 Å². The van der Waals surface area contributed by atoms with Crippen molar-refractivity contribution in [3.63, 3.8) is 0 Å². The van der Waals surface area contributed by atoms with Crippen molar-refractivity contribution >= 4 is 11.6 Å². The van der Waals surface area contributed by atoms with Crippen molar-refractivity contribution in [2.24, 2.45) is 0 Å². The van der Waals surface area contributed by atoms with E-state index in [-0.39, 0.29) is 5.28 Å². The second-order valence-corrected chi connectivity index (χ2v) is 3.87. The Morgan fingerprint density at radius 1 is 1.21 bits per heavy atom. The Morgan fingerprint density at radius 3 is 2.58 bits per heavy atom. The van der Waals surface area contributed by atoms with Crippen LogP contribution in [0.3, 0.4) is 0 Å². The van der Waals surface area contributed by atoms with Gasteiger partial charge in [0, 0.05) is 23.9 Å². The van der Waals surface area contributed by atoms with Crippen molar-refractivity contribution in [3.05, 3.63) is 41.8 Å². The molecule has 0 fully saturated rings. The second kappa shape index (κ2) is 6.10. The van der Waals surface area contributed by atoms with Gasteiger partial charge in [-0.3, -0.25) is 0 Å². The summed E-state index contributed by atoms with van der Waals surface area (Å²) in [5.74, 6) is 0.996. The molecule has 0 saturated heterocycles. The number of hydrogen-bond acceptors (Lipinski definition) is 6. The number of hydrogen-bond donors (Lipinski definition) is 0. The van der Waals surface area contributed by atoms with Gasteiger partial charge in [-0.05, 0) is 18.5 Å². The van der Waals surface area contributed by atoms with Crippen LogP contribution in [-0.2, 0) is 0 Å². The molecule has 0 aliphatic rings. The van der Waals surface area contributed by atoms with Crippen molar-refractivity contribution < 1.29 is 9.47 Å². The van der Waals surface area contributed by atoms with Gasteiger partial charge in [0.1, 0.15) is 6.61 Å². The van der Waals surface area contributed by atoms with Crippen LogP contribution in [0.5, 0.6) is 17.6 Å². The summed E-state index contributed by atoms with van der Waals surface area (Å²) in [5, 5.41) is 7.81. The molecular weight excluding hydrogens is 268 g/mol. The average molecular weight is 279 g/mol. The first kappa shape index (κ1) is 13.2. The Hall–Kier alpha value is -2.21. The molecule has 0 aliphatic carbocycles. The zero-order valence-corrected chi connectivity index (χ0v) is 11.0. The fraction of sp³-hybridized carbons (Fsp3) is 0.167. The van der Waals surface area contributed by atoms with E-state index >= 15 is 0 Å². The van der Waals surface area contributed by atoms with Crippen LogP contribution in [-0.4, -0.2) is 26.8 Å². The number of aryl methyl sites for hydroxylation is 1. The van der Waals surface area contributed by atoms with E-state index in [0.717, 1.165) is 0 Å². The highest BCUT2D eigenvalue weighted by Gasteiger charge is 2.05. The molecular formula is C12H11ClN4O2. The summed E-state index contributed by atoms with van der Waals surface area (Å²) in [6, 6.07) is 4.91. The summed E-state index contributed by atoms with van der Waals surface area (Å²) in [6.45, 7) is 5.70. The minimum absolute atomic E-state index is 0.119. The monoisotopic (exact) mass is 278 g/mol. The molecule has 0 spiro atoms. The van der Waals surface area contributed by atoms with Gasteiger partial charge >= 0.3 is 0 Å². The van der Waals surface area contributed by atoms with E-state index < -0.39 is 0 Å². The summed E-state index contributed by atoms with van der Waals surface area (Å²) in [7, 11) is 0. The summed E-state index contributed by atoms with van der Waals surface area (Å²) >= 11 is 5.73. The Labute approximate surface area is 115 Å². The van der Waals surface area contributed by atoms with Crippen molar-refractivity contribution in [3.8, 4) is 17.6 Å². The molecule has 2 aromatic rings. The molecule has 0 aliphatic heterocycles. The molecule has 19 heavy (non-hydrogen) atoms. The van der Waals surface area contributed by atoms with Gasteiger partial charge in [0.15, 0.2) is 0 Å². The molecule has 2 rings (SSSR count). The van der Waals surface area contributed by atoms with Crippen LogP contribution in [0, 0.1) is 6.92 Å². The summed E-state index contributed by atoms with van der Waals surface area (Å²) in [4.78, 5) is 7.85. The Bertz CT molecular complexity index is 554. The van der Waals surface area contributed by atoms with Gasteiger partial charge in [0.25, 0.3) is 0 Å². The van der Waals surface area contributed by atoms with Gasteiger partial charge in [0.05, 0.1) is 0 Å². The van der Waals surface area contributed by atoms with E-state index in [1.54, 1.807) is 31.2 Å². The van der Waals surface area contributed by atoms with Gasteiger partial charge in [0.2, 0.25) is 22.9 Å². The predicted octanol–water partition coefficient (Wildman–Crippen LogP) is 2.59. The van der Waals surface area contributed by atoms with E-state index in [2.05, 4.69) is 26.7 Å². The van der Waals surface area contributed by atoms with Gasteiger partial charge in [-0.2, -0.15) is 4.98 Å². The van der Waals surface area contributed by atoms with E-state index in [1.807, 2.05) is 0 Å². The van der Waals surface area contributed by atoms with Gasteiger partial charge in [-0.25, -0.2) is 4.98 Å². The van der Waals surface area contributed by atoms with Crippen molar-refractivity contribution in [1.29, 1.82) is 0 Å². The van der Waals surface area contributed by atoms with Crippen LogP contribution in [0.2, 0.25) is 5.28 Å². The van der Waals surface area contributed by atoms with Crippen LogP contribution in [0.25, 0.3) is 0 Å². The minimum Gasteiger partial charge on any atom is -0.472 e. The molecule has 0 N–H and O–H groups in total. The lowest BCUT2D eigenvalue weighted by atomic mass is 10.4. The second-order valence-electron chi connectivity index (χ2n) is 3.53. The standard InChI is InChI=1S/C12H11ClN4O2/c1-3-6-18-9-4-5-10(17-16-9)19-11-7-8(2)14-12(13)15-11/h3-5,7H,1,6H2,2H3. The van der Waals surface area contributed by atoms with Crippen LogP contribution in [0.15, 0.2) is 30.9 Å². The van der Waals surface area contributed by atoms with E-state index in [4.69, 9.17) is 21.1 Å². The summed E-state index contributed by atoms with van der Waals surface area (Å²) in [5.41, 5.74) is 0.703. The average Bonchev–Trinajstić information content (AvgIpc) is 2.37.